The summed E-state index contributed by atoms with van der Waals surface area (Å²) in [5.41, 5.74) is 1.84. The van der Waals surface area contributed by atoms with Crippen molar-refractivity contribution in [2.24, 2.45) is 0 Å². The number of aliphatic hydroxyl groups is 1. The summed E-state index contributed by atoms with van der Waals surface area (Å²) in [6, 6.07) is 5.88. The lowest BCUT2D eigenvalue weighted by Crippen LogP contribution is -2.47. The van der Waals surface area contributed by atoms with Gasteiger partial charge in [0.05, 0.1) is 0 Å². The zero-order valence-corrected chi connectivity index (χ0v) is 12.8. The van der Waals surface area contributed by atoms with E-state index in [4.69, 9.17) is 9.84 Å². The second kappa shape index (κ2) is 7.29. The number of carbonyl (C=O) groups is 1. The van der Waals surface area contributed by atoms with Gasteiger partial charge in [0.25, 0.3) is 5.91 Å². The summed E-state index contributed by atoms with van der Waals surface area (Å²) in [6.07, 6.45) is 1.31. The maximum atomic E-state index is 11.9. The lowest BCUT2D eigenvalue weighted by Gasteiger charge is -2.28. The number of nitrogens with one attached hydrogen (secondary N) is 1. The summed E-state index contributed by atoms with van der Waals surface area (Å²) in [5.74, 6) is 0.542. The van der Waals surface area contributed by atoms with E-state index in [2.05, 4.69) is 11.4 Å². The summed E-state index contributed by atoms with van der Waals surface area (Å²) in [6.45, 7) is 7.95. The Kier molecular flexibility index (Phi) is 6.02. The largest absolute Gasteiger partial charge is 0.484 e. The third-order valence-electron chi connectivity index (χ3n) is 3.45. The molecule has 0 saturated carbocycles. The van der Waals surface area contributed by atoms with Gasteiger partial charge in [0.1, 0.15) is 5.75 Å². The van der Waals surface area contributed by atoms with Gasteiger partial charge in [-0.05, 0) is 56.9 Å². The normalized spacial score (nSPS) is 13.7. The monoisotopic (exact) mass is 279 g/mol. The molecule has 0 aliphatic rings. The Morgan fingerprint density at radius 1 is 1.30 bits per heavy atom. The van der Waals surface area contributed by atoms with Crippen LogP contribution in [0.3, 0.4) is 0 Å². The first-order chi connectivity index (χ1) is 9.38. The van der Waals surface area contributed by atoms with Gasteiger partial charge in [0, 0.05) is 12.1 Å². The Morgan fingerprint density at radius 3 is 2.40 bits per heavy atom. The molecule has 0 heterocycles. The molecule has 1 unspecified atom stereocenters. The predicted octanol–water partition coefficient (Wildman–Crippen LogP) is 2.35. The predicted molar refractivity (Wildman–Crippen MR) is 80.0 cm³/mol. The number of benzene rings is 1. The van der Waals surface area contributed by atoms with Crippen LogP contribution in [0.25, 0.3) is 0 Å². The fraction of sp³-hybridized carbons (Fsp3) is 0.562. The van der Waals surface area contributed by atoms with Crippen molar-refractivity contribution >= 4 is 5.91 Å². The second-order valence-corrected chi connectivity index (χ2v) is 5.55. The number of hydrogen-bond acceptors (Lipinski definition) is 3. The first-order valence-corrected chi connectivity index (χ1v) is 7.01. The first kappa shape index (κ1) is 16.5. The zero-order chi connectivity index (χ0) is 15.2. The molecule has 4 heteroatoms. The van der Waals surface area contributed by atoms with Gasteiger partial charge in [-0.3, -0.25) is 4.79 Å². The lowest BCUT2D eigenvalue weighted by atomic mass is 9.95. The summed E-state index contributed by atoms with van der Waals surface area (Å²) < 4.78 is 5.52. The Balaban J connectivity index is 2.54. The standard InChI is InChI=1S/C16H25NO3/c1-5-16(4,6-7-18)17-15(19)11-20-14-9-12(2)8-13(3)10-14/h8-10,18H,5-7,11H2,1-4H3,(H,17,19). The fourth-order valence-corrected chi connectivity index (χ4v) is 2.11. The molecule has 1 aromatic carbocycles. The van der Waals surface area contributed by atoms with Gasteiger partial charge in [-0.15, -0.1) is 0 Å². The van der Waals surface area contributed by atoms with Crippen LogP contribution in [0.1, 0.15) is 37.8 Å². The van der Waals surface area contributed by atoms with Gasteiger partial charge in [0.2, 0.25) is 0 Å². The second-order valence-electron chi connectivity index (χ2n) is 5.55. The van der Waals surface area contributed by atoms with Gasteiger partial charge < -0.3 is 15.2 Å². The molecule has 1 amide bonds. The quantitative estimate of drug-likeness (QED) is 0.805. The van der Waals surface area contributed by atoms with Gasteiger partial charge in [-0.2, -0.15) is 0 Å². The van der Waals surface area contributed by atoms with Crippen LogP contribution in [-0.2, 0) is 4.79 Å². The van der Waals surface area contributed by atoms with Crippen molar-refractivity contribution < 1.29 is 14.6 Å². The van der Waals surface area contributed by atoms with E-state index in [0.717, 1.165) is 17.5 Å². The number of aryl methyl sites for hydroxylation is 2. The summed E-state index contributed by atoms with van der Waals surface area (Å²) in [5, 5.41) is 12.0. The molecule has 1 rings (SSSR count). The minimum atomic E-state index is -0.377. The highest BCUT2D eigenvalue weighted by atomic mass is 16.5. The number of carbonyl (C=O) groups excluding carboxylic acids is 1. The molecular formula is C16H25NO3. The number of hydrogen-bond donors (Lipinski definition) is 2. The highest BCUT2D eigenvalue weighted by Crippen LogP contribution is 2.17. The molecule has 2 N–H and O–H groups in total. The number of ether oxygens (including phenoxy) is 1. The zero-order valence-electron chi connectivity index (χ0n) is 12.8. The summed E-state index contributed by atoms with van der Waals surface area (Å²) >= 11 is 0. The van der Waals surface area contributed by atoms with E-state index in [1.165, 1.54) is 0 Å². The van der Waals surface area contributed by atoms with Crippen LogP contribution in [-0.4, -0.2) is 29.8 Å². The van der Waals surface area contributed by atoms with E-state index in [-0.39, 0.29) is 24.7 Å². The van der Waals surface area contributed by atoms with Gasteiger partial charge in [-0.25, -0.2) is 0 Å². The van der Waals surface area contributed by atoms with Crippen molar-refractivity contribution in [3.05, 3.63) is 29.3 Å². The van der Waals surface area contributed by atoms with Crippen molar-refractivity contribution in [3.63, 3.8) is 0 Å². The SMILES string of the molecule is CCC(C)(CCO)NC(=O)COc1cc(C)cc(C)c1. The van der Waals surface area contributed by atoms with E-state index >= 15 is 0 Å². The Bertz CT molecular complexity index is 439. The number of aliphatic hydroxyl groups excluding tert-OH is 1. The number of rotatable bonds is 7. The van der Waals surface area contributed by atoms with Crippen LogP contribution in [0.5, 0.6) is 5.75 Å². The fourth-order valence-electron chi connectivity index (χ4n) is 2.11. The highest BCUT2D eigenvalue weighted by molar-refractivity contribution is 5.78. The molecule has 0 bridgehead atoms. The van der Waals surface area contributed by atoms with Crippen LogP contribution in [0.4, 0.5) is 0 Å². The minimum Gasteiger partial charge on any atom is -0.484 e. The average molecular weight is 279 g/mol. The van der Waals surface area contributed by atoms with Crippen molar-refractivity contribution in [1.29, 1.82) is 0 Å². The van der Waals surface area contributed by atoms with Gasteiger partial charge in [0.15, 0.2) is 6.61 Å². The molecule has 0 saturated heterocycles. The van der Waals surface area contributed by atoms with Gasteiger partial charge >= 0.3 is 0 Å². The minimum absolute atomic E-state index is 0.0100. The Labute approximate surface area is 121 Å². The topological polar surface area (TPSA) is 58.6 Å². The highest BCUT2D eigenvalue weighted by Gasteiger charge is 2.23. The maximum Gasteiger partial charge on any atom is 0.258 e. The third kappa shape index (κ3) is 5.21. The first-order valence-electron chi connectivity index (χ1n) is 7.01. The Morgan fingerprint density at radius 2 is 1.90 bits per heavy atom. The molecule has 0 fully saturated rings. The van der Waals surface area contributed by atoms with E-state index < -0.39 is 0 Å². The van der Waals surface area contributed by atoms with Crippen LogP contribution in [0.2, 0.25) is 0 Å². The van der Waals surface area contributed by atoms with Crippen molar-refractivity contribution in [2.45, 2.75) is 46.1 Å². The molecular weight excluding hydrogens is 254 g/mol. The van der Waals surface area contributed by atoms with E-state index in [9.17, 15) is 4.79 Å². The van der Waals surface area contributed by atoms with E-state index in [1.54, 1.807) is 0 Å². The smallest absolute Gasteiger partial charge is 0.258 e. The van der Waals surface area contributed by atoms with Crippen LogP contribution in [0.15, 0.2) is 18.2 Å². The summed E-state index contributed by atoms with van der Waals surface area (Å²) in [7, 11) is 0. The molecule has 0 aliphatic carbocycles. The van der Waals surface area contributed by atoms with E-state index in [1.807, 2.05) is 39.8 Å². The average Bonchev–Trinajstić information content (AvgIpc) is 2.35. The van der Waals surface area contributed by atoms with Crippen LogP contribution >= 0.6 is 0 Å². The number of amides is 1. The Hall–Kier alpha value is -1.55. The molecule has 112 valence electrons. The third-order valence-corrected chi connectivity index (χ3v) is 3.45. The molecule has 1 atom stereocenters. The van der Waals surface area contributed by atoms with Crippen LogP contribution < -0.4 is 10.1 Å². The van der Waals surface area contributed by atoms with Crippen LogP contribution in [0, 0.1) is 13.8 Å². The molecule has 0 aliphatic heterocycles. The molecule has 4 nitrogen and oxygen atoms in total. The van der Waals surface area contributed by atoms with E-state index in [0.29, 0.717) is 12.2 Å². The van der Waals surface area contributed by atoms with Crippen molar-refractivity contribution in [1.82, 2.24) is 5.32 Å². The maximum absolute atomic E-state index is 11.9. The molecule has 0 spiro atoms. The van der Waals surface area contributed by atoms with Crippen molar-refractivity contribution in [2.75, 3.05) is 13.2 Å². The van der Waals surface area contributed by atoms with Gasteiger partial charge in [-0.1, -0.05) is 13.0 Å². The molecule has 0 aromatic heterocycles. The van der Waals surface area contributed by atoms with Crippen molar-refractivity contribution in [3.8, 4) is 5.75 Å². The lowest BCUT2D eigenvalue weighted by molar-refractivity contribution is -0.125. The summed E-state index contributed by atoms with van der Waals surface area (Å²) in [4.78, 5) is 11.9. The molecule has 0 radical (unpaired) electrons. The molecule has 1 aromatic rings. The molecule has 20 heavy (non-hydrogen) atoms.